The van der Waals surface area contributed by atoms with E-state index in [0.717, 1.165) is 37.1 Å². The summed E-state index contributed by atoms with van der Waals surface area (Å²) in [6.07, 6.45) is 3.39. The number of rotatable bonds is 7. The smallest absolute Gasteiger partial charge is 0.226 e. The summed E-state index contributed by atoms with van der Waals surface area (Å²) < 4.78 is 0. The van der Waals surface area contributed by atoms with Crippen molar-refractivity contribution < 1.29 is 5.11 Å². The Labute approximate surface area is 105 Å². The summed E-state index contributed by atoms with van der Waals surface area (Å²) in [5.74, 6) is 1.35. The van der Waals surface area contributed by atoms with Gasteiger partial charge in [0.1, 0.15) is 5.82 Å². The van der Waals surface area contributed by atoms with Gasteiger partial charge in [-0.25, -0.2) is 0 Å². The molecule has 0 saturated heterocycles. The van der Waals surface area contributed by atoms with Gasteiger partial charge in [-0.15, -0.1) is 0 Å². The Bertz CT molecular complexity index is 497. The first kappa shape index (κ1) is 12.6. The highest BCUT2D eigenvalue weighted by atomic mass is 16.2. The van der Waals surface area contributed by atoms with Crippen LogP contribution in [0.1, 0.15) is 19.8 Å². The zero-order valence-corrected chi connectivity index (χ0v) is 10.4. The van der Waals surface area contributed by atoms with Crippen molar-refractivity contribution >= 4 is 22.8 Å². The number of H-pyrrole nitrogens is 1. The number of nitrogens with zero attached hydrogens (tertiary/aromatic N) is 3. The van der Waals surface area contributed by atoms with Crippen LogP contribution in [0.15, 0.2) is 6.20 Å². The van der Waals surface area contributed by atoms with Crippen LogP contribution >= 0.6 is 0 Å². The van der Waals surface area contributed by atoms with Gasteiger partial charge in [0, 0.05) is 19.7 Å². The van der Waals surface area contributed by atoms with Gasteiger partial charge in [-0.1, -0.05) is 0 Å². The lowest BCUT2D eigenvalue weighted by atomic mass is 10.3. The van der Waals surface area contributed by atoms with Gasteiger partial charge in [0.15, 0.2) is 5.65 Å². The highest BCUT2D eigenvalue weighted by Crippen LogP contribution is 2.19. The summed E-state index contributed by atoms with van der Waals surface area (Å²) in [5.41, 5.74) is 0.714. The second-order valence-electron chi connectivity index (χ2n) is 3.92. The number of nitrogens with one attached hydrogen (secondary N) is 3. The zero-order valence-electron chi connectivity index (χ0n) is 10.4. The Balaban J connectivity index is 2.15. The van der Waals surface area contributed by atoms with Crippen LogP contribution < -0.4 is 10.6 Å². The zero-order chi connectivity index (χ0) is 12.8. The molecule has 0 bridgehead atoms. The van der Waals surface area contributed by atoms with Gasteiger partial charge in [0.05, 0.1) is 11.6 Å². The minimum absolute atomic E-state index is 0.217. The van der Waals surface area contributed by atoms with Gasteiger partial charge in [0.2, 0.25) is 5.95 Å². The summed E-state index contributed by atoms with van der Waals surface area (Å²) >= 11 is 0. The average molecular weight is 250 g/mol. The molecule has 4 N–H and O–H groups in total. The third-order valence-corrected chi connectivity index (χ3v) is 2.52. The summed E-state index contributed by atoms with van der Waals surface area (Å²) in [4.78, 5) is 8.71. The van der Waals surface area contributed by atoms with Crippen LogP contribution in [0.3, 0.4) is 0 Å². The van der Waals surface area contributed by atoms with Crippen molar-refractivity contribution in [3.05, 3.63) is 6.20 Å². The number of aliphatic hydroxyl groups excluding tert-OH is 1. The van der Waals surface area contributed by atoms with Crippen molar-refractivity contribution in [3.8, 4) is 0 Å². The number of unbranched alkanes of at least 4 members (excludes halogenated alkanes) is 1. The van der Waals surface area contributed by atoms with Gasteiger partial charge in [-0.2, -0.15) is 15.1 Å². The van der Waals surface area contributed by atoms with Gasteiger partial charge >= 0.3 is 0 Å². The molecule has 0 fully saturated rings. The summed E-state index contributed by atoms with van der Waals surface area (Å²) in [7, 11) is 0. The van der Waals surface area contributed by atoms with Crippen molar-refractivity contribution in [1.29, 1.82) is 0 Å². The number of hydrogen-bond donors (Lipinski definition) is 4. The Morgan fingerprint density at radius 1 is 1.28 bits per heavy atom. The van der Waals surface area contributed by atoms with Crippen LogP contribution in [0, 0.1) is 0 Å². The Hall–Kier alpha value is -1.89. The molecule has 7 heteroatoms. The van der Waals surface area contributed by atoms with E-state index in [2.05, 4.69) is 30.8 Å². The minimum atomic E-state index is 0.217. The lowest BCUT2D eigenvalue weighted by molar-refractivity contribution is 0.286. The molecule has 0 spiro atoms. The molecular formula is C11H18N6O. The summed E-state index contributed by atoms with van der Waals surface area (Å²) in [6.45, 7) is 3.75. The molecule has 18 heavy (non-hydrogen) atoms. The molecule has 0 aromatic carbocycles. The second kappa shape index (κ2) is 6.15. The van der Waals surface area contributed by atoms with Crippen LogP contribution in [0.4, 0.5) is 11.8 Å². The number of aromatic nitrogens is 4. The molecule has 0 unspecified atom stereocenters. The predicted octanol–water partition coefficient (Wildman–Crippen LogP) is 0.969. The Kier molecular flexibility index (Phi) is 4.30. The fourth-order valence-electron chi connectivity index (χ4n) is 1.65. The highest BCUT2D eigenvalue weighted by Gasteiger charge is 2.08. The topological polar surface area (TPSA) is 98.8 Å². The van der Waals surface area contributed by atoms with E-state index in [0.29, 0.717) is 11.6 Å². The molecule has 2 aromatic heterocycles. The molecule has 0 atom stereocenters. The molecule has 2 heterocycles. The van der Waals surface area contributed by atoms with E-state index in [1.54, 1.807) is 6.20 Å². The van der Waals surface area contributed by atoms with Crippen LogP contribution in [-0.2, 0) is 0 Å². The molecule has 0 aliphatic rings. The number of hydrogen-bond acceptors (Lipinski definition) is 6. The fourth-order valence-corrected chi connectivity index (χ4v) is 1.65. The monoisotopic (exact) mass is 250 g/mol. The van der Waals surface area contributed by atoms with Gasteiger partial charge in [-0.3, -0.25) is 5.10 Å². The van der Waals surface area contributed by atoms with Crippen LogP contribution in [0.2, 0.25) is 0 Å². The van der Waals surface area contributed by atoms with Crippen LogP contribution in [0.5, 0.6) is 0 Å². The first-order valence-electron chi connectivity index (χ1n) is 6.15. The van der Waals surface area contributed by atoms with E-state index < -0.39 is 0 Å². The van der Waals surface area contributed by atoms with E-state index >= 15 is 0 Å². The predicted molar refractivity (Wildman–Crippen MR) is 70.7 cm³/mol. The minimum Gasteiger partial charge on any atom is -0.396 e. The van der Waals surface area contributed by atoms with Gasteiger partial charge < -0.3 is 15.7 Å². The molecule has 98 valence electrons. The fraction of sp³-hybridized carbons (Fsp3) is 0.545. The lowest BCUT2D eigenvalue weighted by Gasteiger charge is -2.08. The van der Waals surface area contributed by atoms with Crippen molar-refractivity contribution in [2.75, 3.05) is 30.3 Å². The number of aliphatic hydroxyl groups is 1. The van der Waals surface area contributed by atoms with E-state index in [4.69, 9.17) is 5.11 Å². The lowest BCUT2D eigenvalue weighted by Crippen LogP contribution is -2.08. The molecule has 2 aromatic rings. The standard InChI is InChI=1S/C11H18N6O/c1-2-12-11-15-9(13-5-3-4-6-18)8-7-14-17-10(8)16-11/h7,18H,2-6H2,1H3,(H3,12,13,14,15,16,17). The van der Waals surface area contributed by atoms with E-state index in [9.17, 15) is 0 Å². The SMILES string of the molecule is CCNc1nc(NCCCCO)c2cn[nH]c2n1. The first-order valence-corrected chi connectivity index (χ1v) is 6.15. The van der Waals surface area contributed by atoms with E-state index in [1.807, 2.05) is 6.92 Å². The molecule has 2 rings (SSSR count). The summed E-state index contributed by atoms with van der Waals surface area (Å²) in [5, 5.41) is 22.8. The normalized spacial score (nSPS) is 10.8. The van der Waals surface area contributed by atoms with E-state index in [1.165, 1.54) is 0 Å². The van der Waals surface area contributed by atoms with Crippen molar-refractivity contribution in [2.45, 2.75) is 19.8 Å². The molecule has 7 nitrogen and oxygen atoms in total. The molecule has 0 aliphatic carbocycles. The summed E-state index contributed by atoms with van der Waals surface area (Å²) in [6, 6.07) is 0. The van der Waals surface area contributed by atoms with E-state index in [-0.39, 0.29) is 6.61 Å². The maximum Gasteiger partial charge on any atom is 0.226 e. The number of aromatic amines is 1. The maximum atomic E-state index is 8.74. The molecule has 0 saturated carbocycles. The molecular weight excluding hydrogens is 232 g/mol. The highest BCUT2D eigenvalue weighted by molar-refractivity contribution is 5.86. The van der Waals surface area contributed by atoms with Crippen molar-refractivity contribution in [1.82, 2.24) is 20.2 Å². The maximum absolute atomic E-state index is 8.74. The third kappa shape index (κ3) is 2.86. The molecule has 0 aliphatic heterocycles. The van der Waals surface area contributed by atoms with Crippen LogP contribution in [0.25, 0.3) is 11.0 Å². The largest absolute Gasteiger partial charge is 0.396 e. The second-order valence-corrected chi connectivity index (χ2v) is 3.92. The van der Waals surface area contributed by atoms with Crippen molar-refractivity contribution in [3.63, 3.8) is 0 Å². The van der Waals surface area contributed by atoms with Gasteiger partial charge in [-0.05, 0) is 19.8 Å². The van der Waals surface area contributed by atoms with Gasteiger partial charge in [0.25, 0.3) is 0 Å². The third-order valence-electron chi connectivity index (χ3n) is 2.52. The average Bonchev–Trinajstić information content (AvgIpc) is 2.83. The van der Waals surface area contributed by atoms with Crippen LogP contribution in [-0.4, -0.2) is 45.0 Å². The molecule has 0 radical (unpaired) electrons. The number of anilines is 2. The first-order chi connectivity index (χ1) is 8.85. The quantitative estimate of drug-likeness (QED) is 0.546. The Morgan fingerprint density at radius 2 is 2.17 bits per heavy atom. The van der Waals surface area contributed by atoms with Crippen molar-refractivity contribution in [2.24, 2.45) is 0 Å². The number of fused-ring (bicyclic) bond motifs is 1. The Morgan fingerprint density at radius 3 is 2.94 bits per heavy atom. The molecule has 0 amide bonds.